The zero-order chi connectivity index (χ0) is 12.8. The molecule has 1 aromatic rings. The number of benzene rings is 1. The van der Waals surface area contributed by atoms with Gasteiger partial charge < -0.3 is 15.2 Å². The van der Waals surface area contributed by atoms with E-state index in [1.54, 1.807) is 0 Å². The van der Waals surface area contributed by atoms with Crippen LogP contribution in [0, 0.1) is 5.82 Å². The van der Waals surface area contributed by atoms with Crippen molar-refractivity contribution in [1.82, 2.24) is 5.32 Å². The number of halogens is 1. The highest BCUT2D eigenvalue weighted by Gasteiger charge is 2.13. The quantitative estimate of drug-likeness (QED) is 0.804. The second-order valence-electron chi connectivity index (χ2n) is 4.15. The van der Waals surface area contributed by atoms with Crippen molar-refractivity contribution < 1.29 is 14.2 Å². The summed E-state index contributed by atoms with van der Waals surface area (Å²) in [5.74, 6) is -0.237. The summed E-state index contributed by atoms with van der Waals surface area (Å²) in [6, 6.07) is 3.99. The number of hydrogen-bond donors (Lipinski definition) is 2. The Balaban J connectivity index is 2.62. The number of phenolic OH excluding ortho intramolecular Hbond substituents is 1. The van der Waals surface area contributed by atoms with Gasteiger partial charge in [-0.2, -0.15) is 0 Å². The summed E-state index contributed by atoms with van der Waals surface area (Å²) in [7, 11) is 0. The first kappa shape index (κ1) is 13.9. The van der Waals surface area contributed by atoms with Crippen molar-refractivity contribution >= 4 is 0 Å². The fraction of sp³-hybridized carbons (Fsp3) is 0.538. The fourth-order valence-corrected chi connectivity index (χ4v) is 1.73. The van der Waals surface area contributed by atoms with Gasteiger partial charge in [0.1, 0.15) is 11.6 Å². The van der Waals surface area contributed by atoms with Crippen LogP contribution >= 0.6 is 0 Å². The summed E-state index contributed by atoms with van der Waals surface area (Å²) < 4.78 is 18.4. The van der Waals surface area contributed by atoms with E-state index in [4.69, 9.17) is 4.74 Å². The second-order valence-corrected chi connectivity index (χ2v) is 4.15. The van der Waals surface area contributed by atoms with E-state index >= 15 is 0 Å². The Bertz CT molecular complexity index is 357. The predicted octanol–water partition coefficient (Wildman–Crippen LogP) is 2.61. The average Bonchev–Trinajstić information content (AvgIpc) is 2.29. The molecule has 0 amide bonds. The molecule has 2 atom stereocenters. The van der Waals surface area contributed by atoms with Crippen LogP contribution in [0.3, 0.4) is 0 Å². The maximum absolute atomic E-state index is 13.1. The number of ether oxygens (including phenoxy) is 1. The number of rotatable bonds is 6. The van der Waals surface area contributed by atoms with Crippen LogP contribution in [0.2, 0.25) is 0 Å². The summed E-state index contributed by atoms with van der Waals surface area (Å²) in [6.07, 6.45) is 0. The summed E-state index contributed by atoms with van der Waals surface area (Å²) in [6.45, 7) is 7.08. The second kappa shape index (κ2) is 6.57. The van der Waals surface area contributed by atoms with E-state index in [-0.39, 0.29) is 23.7 Å². The maximum atomic E-state index is 13.1. The normalized spacial score (nSPS) is 14.6. The van der Waals surface area contributed by atoms with Crippen LogP contribution in [0.4, 0.5) is 4.39 Å². The van der Waals surface area contributed by atoms with Crippen LogP contribution in [0.25, 0.3) is 0 Å². The predicted molar refractivity (Wildman–Crippen MR) is 65.6 cm³/mol. The molecule has 96 valence electrons. The van der Waals surface area contributed by atoms with E-state index in [0.29, 0.717) is 18.8 Å². The van der Waals surface area contributed by atoms with Gasteiger partial charge in [-0.15, -0.1) is 0 Å². The fourth-order valence-electron chi connectivity index (χ4n) is 1.73. The van der Waals surface area contributed by atoms with Gasteiger partial charge in [0.05, 0.1) is 6.61 Å². The van der Waals surface area contributed by atoms with E-state index in [1.807, 2.05) is 20.8 Å². The van der Waals surface area contributed by atoms with Gasteiger partial charge in [0.2, 0.25) is 0 Å². The molecule has 1 aromatic carbocycles. The third-order valence-electron chi connectivity index (χ3n) is 2.56. The molecular formula is C13H20FNO2. The lowest BCUT2D eigenvalue weighted by Gasteiger charge is -2.21. The molecule has 4 heteroatoms. The standard InChI is InChI=1S/C13H20FNO2/c1-4-17-8-9(2)15-10(3)12-7-11(14)5-6-13(12)16/h5-7,9-10,15-16H,4,8H2,1-3H3. The van der Waals surface area contributed by atoms with Crippen molar-refractivity contribution in [3.63, 3.8) is 0 Å². The molecule has 1 rings (SSSR count). The third kappa shape index (κ3) is 4.32. The van der Waals surface area contributed by atoms with Crippen molar-refractivity contribution in [3.05, 3.63) is 29.6 Å². The van der Waals surface area contributed by atoms with Gasteiger partial charge in [-0.05, 0) is 39.0 Å². The Kier molecular flexibility index (Phi) is 5.38. The van der Waals surface area contributed by atoms with Crippen molar-refractivity contribution in [3.8, 4) is 5.75 Å². The van der Waals surface area contributed by atoms with Gasteiger partial charge in [-0.3, -0.25) is 0 Å². The zero-order valence-electron chi connectivity index (χ0n) is 10.5. The van der Waals surface area contributed by atoms with Gasteiger partial charge in [-0.1, -0.05) is 0 Å². The molecule has 0 saturated heterocycles. The van der Waals surface area contributed by atoms with E-state index in [2.05, 4.69) is 5.32 Å². The highest BCUT2D eigenvalue weighted by molar-refractivity contribution is 5.34. The molecule has 2 N–H and O–H groups in total. The Morgan fingerprint density at radius 1 is 1.41 bits per heavy atom. The Morgan fingerprint density at radius 3 is 2.76 bits per heavy atom. The van der Waals surface area contributed by atoms with Crippen LogP contribution < -0.4 is 5.32 Å². The van der Waals surface area contributed by atoms with Gasteiger partial charge in [0.25, 0.3) is 0 Å². The Labute approximate surface area is 102 Å². The Hall–Kier alpha value is -1.13. The molecule has 0 saturated carbocycles. The van der Waals surface area contributed by atoms with Crippen molar-refractivity contribution in [1.29, 1.82) is 0 Å². The smallest absolute Gasteiger partial charge is 0.123 e. The first-order chi connectivity index (χ1) is 8.04. The maximum Gasteiger partial charge on any atom is 0.123 e. The molecular weight excluding hydrogens is 221 g/mol. The monoisotopic (exact) mass is 241 g/mol. The van der Waals surface area contributed by atoms with Crippen molar-refractivity contribution in [2.24, 2.45) is 0 Å². The van der Waals surface area contributed by atoms with Crippen molar-refractivity contribution in [2.45, 2.75) is 32.9 Å². The van der Waals surface area contributed by atoms with E-state index < -0.39 is 0 Å². The minimum Gasteiger partial charge on any atom is -0.508 e. The molecule has 0 aromatic heterocycles. The molecule has 0 heterocycles. The molecule has 0 bridgehead atoms. The van der Waals surface area contributed by atoms with Crippen LogP contribution in [0.15, 0.2) is 18.2 Å². The molecule has 17 heavy (non-hydrogen) atoms. The Morgan fingerprint density at radius 2 is 2.12 bits per heavy atom. The SMILES string of the molecule is CCOCC(C)NC(C)c1cc(F)ccc1O. The first-order valence-electron chi connectivity index (χ1n) is 5.86. The minimum absolute atomic E-state index is 0.106. The summed E-state index contributed by atoms with van der Waals surface area (Å²) in [5, 5.41) is 12.9. The molecule has 0 aliphatic rings. The highest BCUT2D eigenvalue weighted by atomic mass is 19.1. The minimum atomic E-state index is -0.344. The van der Waals surface area contributed by atoms with E-state index in [0.717, 1.165) is 0 Å². The van der Waals surface area contributed by atoms with Crippen LogP contribution in [0.5, 0.6) is 5.75 Å². The summed E-state index contributed by atoms with van der Waals surface area (Å²) in [5.41, 5.74) is 0.563. The first-order valence-corrected chi connectivity index (χ1v) is 5.86. The molecule has 0 radical (unpaired) electrons. The third-order valence-corrected chi connectivity index (χ3v) is 2.56. The van der Waals surface area contributed by atoms with E-state index in [1.165, 1.54) is 18.2 Å². The molecule has 3 nitrogen and oxygen atoms in total. The molecule has 0 aliphatic heterocycles. The van der Waals surface area contributed by atoms with Gasteiger partial charge in [0.15, 0.2) is 0 Å². The van der Waals surface area contributed by atoms with Crippen LogP contribution in [-0.2, 0) is 4.74 Å². The van der Waals surface area contributed by atoms with Crippen LogP contribution in [0.1, 0.15) is 32.4 Å². The lowest BCUT2D eigenvalue weighted by Crippen LogP contribution is -2.32. The molecule has 2 unspecified atom stereocenters. The van der Waals surface area contributed by atoms with Gasteiger partial charge in [0, 0.05) is 24.3 Å². The average molecular weight is 241 g/mol. The lowest BCUT2D eigenvalue weighted by atomic mass is 10.1. The van der Waals surface area contributed by atoms with Crippen LogP contribution in [-0.4, -0.2) is 24.4 Å². The van der Waals surface area contributed by atoms with Gasteiger partial charge >= 0.3 is 0 Å². The number of hydrogen-bond acceptors (Lipinski definition) is 3. The molecule has 0 aliphatic carbocycles. The highest BCUT2D eigenvalue weighted by Crippen LogP contribution is 2.24. The lowest BCUT2D eigenvalue weighted by molar-refractivity contribution is 0.124. The van der Waals surface area contributed by atoms with Gasteiger partial charge in [-0.25, -0.2) is 4.39 Å². The number of phenols is 1. The largest absolute Gasteiger partial charge is 0.508 e. The van der Waals surface area contributed by atoms with E-state index in [9.17, 15) is 9.50 Å². The summed E-state index contributed by atoms with van der Waals surface area (Å²) >= 11 is 0. The number of aromatic hydroxyl groups is 1. The zero-order valence-corrected chi connectivity index (χ0v) is 10.5. The molecule has 0 spiro atoms. The molecule has 0 fully saturated rings. The number of nitrogens with one attached hydrogen (secondary N) is 1. The summed E-state index contributed by atoms with van der Waals surface area (Å²) in [4.78, 5) is 0. The topological polar surface area (TPSA) is 41.5 Å². The van der Waals surface area contributed by atoms with Crippen molar-refractivity contribution in [2.75, 3.05) is 13.2 Å².